The Kier molecular flexibility index (Phi) is 8.64. The molecule has 1 aromatic carbocycles. The van der Waals surface area contributed by atoms with Gasteiger partial charge in [0.25, 0.3) is 0 Å². The molecule has 0 bridgehead atoms. The van der Waals surface area contributed by atoms with Crippen molar-refractivity contribution in [1.29, 1.82) is 0 Å². The topological polar surface area (TPSA) is 38.3 Å². The number of nitrogens with one attached hydrogen (secondary N) is 1. The van der Waals surface area contributed by atoms with Gasteiger partial charge in [0.15, 0.2) is 11.6 Å². The van der Waals surface area contributed by atoms with Crippen molar-refractivity contribution < 1.29 is 22.7 Å². The Hall–Kier alpha value is -1.02. The van der Waals surface area contributed by atoms with E-state index in [0.717, 1.165) is 29.1 Å². The fourth-order valence-electron chi connectivity index (χ4n) is 3.54. The molecule has 1 saturated carbocycles. The van der Waals surface area contributed by atoms with E-state index in [1.165, 1.54) is 0 Å². The Morgan fingerprint density at radius 2 is 1.90 bits per heavy atom. The molecule has 1 aliphatic carbocycles. The molecule has 0 aromatic heterocycles. The molecular formula is C21H26Br2F3NO2. The second kappa shape index (κ2) is 10.3. The molecule has 0 radical (unpaired) electrons. The van der Waals surface area contributed by atoms with Gasteiger partial charge in [-0.05, 0) is 49.6 Å². The van der Waals surface area contributed by atoms with Crippen LogP contribution < -0.4 is 5.32 Å². The Bertz CT molecular complexity index is 780. The van der Waals surface area contributed by atoms with E-state index < -0.39 is 35.9 Å². The van der Waals surface area contributed by atoms with Gasteiger partial charge in [0.1, 0.15) is 12.4 Å². The molecule has 0 spiro atoms. The summed E-state index contributed by atoms with van der Waals surface area (Å²) in [4.78, 5) is 12.5. The lowest BCUT2D eigenvalue weighted by atomic mass is 10.1. The van der Waals surface area contributed by atoms with Crippen molar-refractivity contribution in [2.75, 3.05) is 11.9 Å². The van der Waals surface area contributed by atoms with E-state index in [2.05, 4.69) is 44.1 Å². The van der Waals surface area contributed by atoms with Gasteiger partial charge in [-0.2, -0.15) is 0 Å². The zero-order chi connectivity index (χ0) is 21.8. The molecule has 29 heavy (non-hydrogen) atoms. The highest BCUT2D eigenvalue weighted by Crippen LogP contribution is 2.60. The van der Waals surface area contributed by atoms with E-state index in [1.54, 1.807) is 0 Å². The van der Waals surface area contributed by atoms with Crippen molar-refractivity contribution in [2.45, 2.75) is 53.1 Å². The van der Waals surface area contributed by atoms with Crippen LogP contribution in [-0.4, -0.2) is 12.5 Å². The number of carbonyl (C=O) groups excluding carboxylic acids is 1. The van der Waals surface area contributed by atoms with Crippen molar-refractivity contribution >= 4 is 43.5 Å². The van der Waals surface area contributed by atoms with Gasteiger partial charge in [-0.15, -0.1) is 0 Å². The molecule has 8 heteroatoms. The van der Waals surface area contributed by atoms with E-state index in [4.69, 9.17) is 4.74 Å². The van der Waals surface area contributed by atoms with Crippen molar-refractivity contribution in [3.8, 4) is 0 Å². The number of esters is 1. The quantitative estimate of drug-likeness (QED) is 0.196. The maximum Gasteiger partial charge on any atom is 0.310 e. The van der Waals surface area contributed by atoms with Crippen LogP contribution in [0.5, 0.6) is 0 Å². The van der Waals surface area contributed by atoms with Crippen molar-refractivity contribution in [1.82, 2.24) is 0 Å². The SMILES string of the molecule is CCCCCCNc1c(F)cc(F)c(F)c1COC(=O)[C@@H]1[C@H](C=C(Br)Br)C1(C)C. The second-order valence-corrected chi connectivity index (χ2v) is 10.7. The smallest absolute Gasteiger partial charge is 0.310 e. The summed E-state index contributed by atoms with van der Waals surface area (Å²) in [5, 5.41) is 2.83. The Morgan fingerprint density at radius 1 is 1.21 bits per heavy atom. The highest BCUT2D eigenvalue weighted by atomic mass is 79.9. The first-order chi connectivity index (χ1) is 13.6. The zero-order valence-corrected chi connectivity index (χ0v) is 19.9. The van der Waals surface area contributed by atoms with Crippen molar-refractivity contribution in [3.63, 3.8) is 0 Å². The third kappa shape index (κ3) is 6.00. The summed E-state index contributed by atoms with van der Waals surface area (Å²) >= 11 is 6.56. The Balaban J connectivity index is 2.09. The minimum absolute atomic E-state index is 0.0472. The standard InChI is InChI=1S/C21H26Br2F3NO2/c1-4-5-6-7-8-27-19-12(18(26)14(24)10-15(19)25)11-29-20(28)17-13(9-16(22)23)21(17,2)3/h9-10,13,17,27H,4-8,11H2,1-3H3/t13-,17-/m0/s1. The molecular weight excluding hydrogens is 515 g/mol. The lowest BCUT2D eigenvalue weighted by Crippen LogP contribution is -2.15. The van der Waals surface area contributed by atoms with Crippen LogP contribution in [0.2, 0.25) is 0 Å². The summed E-state index contributed by atoms with van der Waals surface area (Å²) in [6.45, 7) is 5.82. The summed E-state index contributed by atoms with van der Waals surface area (Å²) in [5.41, 5.74) is -0.767. The maximum atomic E-state index is 14.3. The lowest BCUT2D eigenvalue weighted by Gasteiger charge is -2.15. The van der Waals surface area contributed by atoms with Crippen molar-refractivity contribution in [3.05, 3.63) is 38.5 Å². The van der Waals surface area contributed by atoms with E-state index in [-0.39, 0.29) is 22.6 Å². The maximum absolute atomic E-state index is 14.3. The van der Waals surface area contributed by atoms with Gasteiger partial charge in [-0.1, -0.05) is 46.1 Å². The molecule has 0 amide bonds. The number of hydrogen-bond donors (Lipinski definition) is 1. The highest BCUT2D eigenvalue weighted by molar-refractivity contribution is 9.28. The van der Waals surface area contributed by atoms with Crippen LogP contribution in [0, 0.1) is 34.7 Å². The third-order valence-corrected chi connectivity index (χ3v) is 5.96. The molecule has 1 N–H and O–H groups in total. The molecule has 1 aliphatic rings. The highest BCUT2D eigenvalue weighted by Gasteiger charge is 2.61. The van der Waals surface area contributed by atoms with Crippen LogP contribution in [-0.2, 0) is 16.1 Å². The van der Waals surface area contributed by atoms with E-state index in [9.17, 15) is 18.0 Å². The van der Waals surface area contributed by atoms with Gasteiger partial charge >= 0.3 is 5.97 Å². The summed E-state index contributed by atoms with van der Waals surface area (Å²) < 4.78 is 48.3. The summed E-state index contributed by atoms with van der Waals surface area (Å²) in [5.74, 6) is -4.38. The van der Waals surface area contributed by atoms with Gasteiger partial charge < -0.3 is 10.1 Å². The molecule has 1 aromatic rings. The van der Waals surface area contributed by atoms with Gasteiger partial charge in [0.2, 0.25) is 0 Å². The number of halogens is 5. The number of carbonyl (C=O) groups is 1. The minimum Gasteiger partial charge on any atom is -0.460 e. The predicted molar refractivity (Wildman–Crippen MR) is 115 cm³/mol. The van der Waals surface area contributed by atoms with E-state index in [1.807, 2.05) is 19.9 Å². The van der Waals surface area contributed by atoms with Crippen LogP contribution in [0.1, 0.15) is 52.0 Å². The molecule has 0 heterocycles. The number of benzene rings is 1. The van der Waals surface area contributed by atoms with Crippen LogP contribution >= 0.6 is 31.9 Å². The Labute approximate surface area is 186 Å². The fraction of sp³-hybridized carbons (Fsp3) is 0.571. The number of hydrogen-bond acceptors (Lipinski definition) is 3. The number of unbranched alkanes of at least 4 members (excludes halogenated alkanes) is 3. The first-order valence-electron chi connectivity index (χ1n) is 9.70. The van der Waals surface area contributed by atoms with Gasteiger partial charge in [0, 0.05) is 12.6 Å². The van der Waals surface area contributed by atoms with Gasteiger partial charge in [0.05, 0.1) is 20.6 Å². The van der Waals surface area contributed by atoms with Crippen LogP contribution in [0.4, 0.5) is 18.9 Å². The minimum atomic E-state index is -1.30. The Morgan fingerprint density at radius 3 is 2.52 bits per heavy atom. The summed E-state index contributed by atoms with van der Waals surface area (Å²) in [7, 11) is 0. The number of anilines is 1. The third-order valence-electron chi connectivity index (χ3n) is 5.43. The molecule has 162 valence electrons. The fourth-order valence-corrected chi connectivity index (χ4v) is 4.11. The number of ether oxygens (including phenoxy) is 1. The average Bonchev–Trinajstić information content (AvgIpc) is 3.17. The number of rotatable bonds is 10. The number of allylic oxidation sites excluding steroid dienone is 1. The van der Waals surface area contributed by atoms with Gasteiger partial charge in [-0.3, -0.25) is 4.79 Å². The molecule has 2 rings (SSSR count). The van der Waals surface area contributed by atoms with E-state index >= 15 is 0 Å². The van der Waals surface area contributed by atoms with Crippen molar-refractivity contribution in [2.24, 2.45) is 17.3 Å². The average molecular weight is 541 g/mol. The molecule has 0 aliphatic heterocycles. The second-order valence-electron chi connectivity index (χ2n) is 7.88. The van der Waals surface area contributed by atoms with E-state index in [0.29, 0.717) is 12.6 Å². The molecule has 2 atom stereocenters. The van der Waals surface area contributed by atoms with Crippen LogP contribution in [0.15, 0.2) is 15.5 Å². The molecule has 3 nitrogen and oxygen atoms in total. The summed E-state index contributed by atoms with van der Waals surface area (Å²) in [6, 6.07) is 0.507. The van der Waals surface area contributed by atoms with Crippen LogP contribution in [0.3, 0.4) is 0 Å². The molecule has 1 fully saturated rings. The molecule has 0 unspecified atom stereocenters. The monoisotopic (exact) mass is 539 g/mol. The zero-order valence-electron chi connectivity index (χ0n) is 16.8. The van der Waals surface area contributed by atoms with Gasteiger partial charge in [-0.25, -0.2) is 13.2 Å². The predicted octanol–water partition coefficient (Wildman–Crippen LogP) is 7.04. The first-order valence-corrected chi connectivity index (χ1v) is 11.3. The summed E-state index contributed by atoms with van der Waals surface area (Å²) in [6.07, 6.45) is 5.69. The lowest BCUT2D eigenvalue weighted by molar-refractivity contribution is -0.147. The normalized spacial score (nSPS) is 19.6. The first kappa shape index (κ1) is 24.3. The molecule has 0 saturated heterocycles. The van der Waals surface area contributed by atoms with Crippen LogP contribution in [0.25, 0.3) is 0 Å². The largest absolute Gasteiger partial charge is 0.460 e.